The van der Waals surface area contributed by atoms with E-state index in [0.29, 0.717) is 42.7 Å². The fourth-order valence-electron chi connectivity index (χ4n) is 3.04. The van der Waals surface area contributed by atoms with E-state index in [-0.39, 0.29) is 10.8 Å². The molecule has 9 heteroatoms. The summed E-state index contributed by atoms with van der Waals surface area (Å²) in [5.41, 5.74) is 1.17. The molecule has 0 radical (unpaired) electrons. The first kappa shape index (κ1) is 19.1. The van der Waals surface area contributed by atoms with Crippen molar-refractivity contribution in [3.63, 3.8) is 0 Å². The number of hydrogen-bond donors (Lipinski definition) is 0. The van der Waals surface area contributed by atoms with Crippen molar-refractivity contribution in [1.82, 2.24) is 19.4 Å². The molecule has 1 aliphatic heterocycles. The molecule has 0 atom stereocenters. The second kappa shape index (κ2) is 7.63. The molecule has 0 spiro atoms. The van der Waals surface area contributed by atoms with E-state index in [1.807, 2.05) is 37.4 Å². The molecule has 0 unspecified atom stereocenters. The Labute approximate surface area is 168 Å². The van der Waals surface area contributed by atoms with Crippen molar-refractivity contribution >= 4 is 21.6 Å². The lowest BCUT2D eigenvalue weighted by molar-refractivity contribution is 0.222. The first-order valence-electron chi connectivity index (χ1n) is 8.83. The average Bonchev–Trinajstić information content (AvgIpc) is 3.19. The largest absolute Gasteiger partial charge is 0.416 e. The molecule has 2 heterocycles. The number of rotatable bonds is 4. The molecule has 146 valence electrons. The van der Waals surface area contributed by atoms with Gasteiger partial charge in [-0.2, -0.15) is 4.31 Å². The third-order valence-electron chi connectivity index (χ3n) is 4.71. The number of hydrogen-bond acceptors (Lipinski definition) is 6. The molecule has 0 bridgehead atoms. The molecule has 0 aliphatic carbocycles. The van der Waals surface area contributed by atoms with Gasteiger partial charge in [0.2, 0.25) is 21.8 Å². The van der Waals surface area contributed by atoms with Gasteiger partial charge in [0.05, 0.1) is 15.5 Å². The molecule has 1 aliphatic rings. The molecule has 1 saturated heterocycles. The number of piperazine rings is 1. The van der Waals surface area contributed by atoms with E-state index in [2.05, 4.69) is 15.1 Å². The normalized spacial score (nSPS) is 16.4. The maximum absolute atomic E-state index is 13.0. The number of aromatic nitrogens is 2. The first-order chi connectivity index (χ1) is 13.4. The predicted octanol–water partition coefficient (Wildman–Crippen LogP) is 2.99. The van der Waals surface area contributed by atoms with E-state index in [1.165, 1.54) is 16.4 Å². The van der Waals surface area contributed by atoms with Gasteiger partial charge in [-0.1, -0.05) is 29.8 Å². The highest BCUT2D eigenvalue weighted by molar-refractivity contribution is 7.89. The van der Waals surface area contributed by atoms with Crippen LogP contribution in [0.5, 0.6) is 0 Å². The summed E-state index contributed by atoms with van der Waals surface area (Å²) in [6.07, 6.45) is 0. The van der Waals surface area contributed by atoms with E-state index in [9.17, 15) is 8.42 Å². The number of nitrogens with zero attached hydrogens (tertiary/aromatic N) is 4. The van der Waals surface area contributed by atoms with Crippen LogP contribution < -0.4 is 0 Å². The Morgan fingerprint density at radius 2 is 1.64 bits per heavy atom. The van der Waals surface area contributed by atoms with Crippen LogP contribution in [-0.4, -0.2) is 61.0 Å². The molecule has 0 N–H and O–H groups in total. The zero-order chi connectivity index (χ0) is 19.7. The van der Waals surface area contributed by atoms with E-state index in [1.54, 1.807) is 6.07 Å². The minimum atomic E-state index is -3.62. The minimum absolute atomic E-state index is 0.163. The summed E-state index contributed by atoms with van der Waals surface area (Å²) in [4.78, 5) is 2.26. The topological polar surface area (TPSA) is 79.5 Å². The third kappa shape index (κ3) is 3.68. The second-order valence-corrected chi connectivity index (χ2v) is 8.97. The van der Waals surface area contributed by atoms with Gasteiger partial charge in [-0.3, -0.25) is 0 Å². The highest BCUT2D eigenvalue weighted by Crippen LogP contribution is 2.32. The second-order valence-electron chi connectivity index (χ2n) is 6.63. The summed E-state index contributed by atoms with van der Waals surface area (Å²) < 4.78 is 33.3. The van der Waals surface area contributed by atoms with Crippen molar-refractivity contribution in [1.29, 1.82) is 0 Å². The van der Waals surface area contributed by atoms with Crippen molar-refractivity contribution in [2.75, 3.05) is 33.2 Å². The number of sulfonamides is 1. The molecule has 1 aromatic heterocycles. The predicted molar refractivity (Wildman–Crippen MR) is 106 cm³/mol. The smallest absolute Gasteiger partial charge is 0.249 e. The molecule has 3 aromatic rings. The summed E-state index contributed by atoms with van der Waals surface area (Å²) >= 11 is 6.30. The Morgan fingerprint density at radius 1 is 0.964 bits per heavy atom. The van der Waals surface area contributed by atoms with Gasteiger partial charge in [0.15, 0.2) is 0 Å². The molecule has 0 amide bonds. The summed E-state index contributed by atoms with van der Waals surface area (Å²) in [6, 6.07) is 13.9. The monoisotopic (exact) mass is 418 g/mol. The van der Waals surface area contributed by atoms with E-state index >= 15 is 0 Å². The van der Waals surface area contributed by atoms with E-state index in [4.69, 9.17) is 16.0 Å². The summed E-state index contributed by atoms with van der Waals surface area (Å²) in [5.74, 6) is 0.526. The maximum Gasteiger partial charge on any atom is 0.249 e. The number of likely N-dealkylation sites (N-methyl/N-ethyl adjacent to an activating group) is 1. The van der Waals surface area contributed by atoms with E-state index in [0.717, 1.165) is 5.56 Å². The Balaban J connectivity index is 1.67. The maximum atomic E-state index is 13.0. The van der Waals surface area contributed by atoms with Crippen molar-refractivity contribution < 1.29 is 12.8 Å². The first-order valence-corrected chi connectivity index (χ1v) is 10.6. The van der Waals surface area contributed by atoms with Crippen LogP contribution in [0.1, 0.15) is 0 Å². The standard InChI is InChI=1S/C19H19ClN4O3S/c1-23-9-11-24(12-10-23)28(25,26)15-7-8-17(20)16(13-15)19-22-21-18(27-19)14-5-3-2-4-6-14/h2-8,13H,9-12H2,1H3. The zero-order valence-corrected chi connectivity index (χ0v) is 16.8. The Hall–Kier alpha value is -2.26. The third-order valence-corrected chi connectivity index (χ3v) is 6.94. The van der Waals surface area contributed by atoms with Gasteiger partial charge in [-0.05, 0) is 37.4 Å². The van der Waals surface area contributed by atoms with Crippen LogP contribution in [-0.2, 0) is 10.0 Å². The van der Waals surface area contributed by atoms with Crippen LogP contribution >= 0.6 is 11.6 Å². The molecule has 7 nitrogen and oxygen atoms in total. The fourth-order valence-corrected chi connectivity index (χ4v) is 4.68. The van der Waals surface area contributed by atoms with Gasteiger partial charge in [0, 0.05) is 31.7 Å². The van der Waals surface area contributed by atoms with Gasteiger partial charge in [-0.25, -0.2) is 8.42 Å². The van der Waals surface area contributed by atoms with Crippen molar-refractivity contribution in [3.05, 3.63) is 53.6 Å². The van der Waals surface area contributed by atoms with Gasteiger partial charge < -0.3 is 9.32 Å². The summed E-state index contributed by atoms with van der Waals surface area (Å²) in [6.45, 7) is 2.30. The Kier molecular flexibility index (Phi) is 5.20. The van der Waals surface area contributed by atoms with Crippen LogP contribution in [0.2, 0.25) is 5.02 Å². The molecule has 1 fully saturated rings. The Bertz CT molecular complexity index is 1080. The fraction of sp³-hybridized carbons (Fsp3) is 0.263. The minimum Gasteiger partial charge on any atom is -0.416 e. The van der Waals surface area contributed by atoms with Crippen LogP contribution in [0.3, 0.4) is 0 Å². The van der Waals surface area contributed by atoms with Crippen molar-refractivity contribution in [2.45, 2.75) is 4.90 Å². The average molecular weight is 419 g/mol. The van der Waals surface area contributed by atoms with Crippen LogP contribution in [0.25, 0.3) is 22.9 Å². The van der Waals surface area contributed by atoms with E-state index < -0.39 is 10.0 Å². The molecule has 2 aromatic carbocycles. The van der Waals surface area contributed by atoms with Crippen molar-refractivity contribution in [2.24, 2.45) is 0 Å². The van der Waals surface area contributed by atoms with Crippen LogP contribution in [0.4, 0.5) is 0 Å². The molecular formula is C19H19ClN4O3S. The zero-order valence-electron chi connectivity index (χ0n) is 15.2. The SMILES string of the molecule is CN1CCN(S(=O)(=O)c2ccc(Cl)c(-c3nnc(-c4ccccc4)o3)c2)CC1. The quantitative estimate of drug-likeness (QED) is 0.648. The lowest BCUT2D eigenvalue weighted by atomic mass is 10.2. The number of benzene rings is 2. The molecule has 4 rings (SSSR count). The highest BCUT2D eigenvalue weighted by atomic mass is 35.5. The Morgan fingerprint density at radius 3 is 2.36 bits per heavy atom. The van der Waals surface area contributed by atoms with Crippen LogP contribution in [0.15, 0.2) is 57.8 Å². The molecule has 0 saturated carbocycles. The van der Waals surface area contributed by atoms with Crippen molar-refractivity contribution in [3.8, 4) is 22.9 Å². The lowest BCUT2D eigenvalue weighted by Crippen LogP contribution is -2.47. The van der Waals surface area contributed by atoms with Gasteiger partial charge in [-0.15, -0.1) is 10.2 Å². The number of halogens is 1. The van der Waals surface area contributed by atoms with Gasteiger partial charge in [0.1, 0.15) is 0 Å². The van der Waals surface area contributed by atoms with Gasteiger partial charge >= 0.3 is 0 Å². The van der Waals surface area contributed by atoms with Gasteiger partial charge in [0.25, 0.3) is 0 Å². The highest BCUT2D eigenvalue weighted by Gasteiger charge is 2.28. The summed E-state index contributed by atoms with van der Waals surface area (Å²) in [7, 11) is -1.64. The molecular weight excluding hydrogens is 400 g/mol. The van der Waals surface area contributed by atoms with Crippen LogP contribution in [0, 0.1) is 0 Å². The molecule has 28 heavy (non-hydrogen) atoms. The summed E-state index contributed by atoms with van der Waals surface area (Å²) in [5, 5.41) is 8.45. The lowest BCUT2D eigenvalue weighted by Gasteiger charge is -2.31.